The fraction of sp³-hybridized carbons (Fsp3) is 0.600. The van der Waals surface area contributed by atoms with Gasteiger partial charge in [-0.3, -0.25) is 0 Å². The minimum atomic E-state index is -0.781. The molecular formula is C15H24FNO2. The van der Waals surface area contributed by atoms with Crippen molar-refractivity contribution in [2.24, 2.45) is 0 Å². The van der Waals surface area contributed by atoms with Crippen molar-refractivity contribution >= 4 is 0 Å². The maximum atomic E-state index is 13.5. The summed E-state index contributed by atoms with van der Waals surface area (Å²) in [5.74, 6) is -0.360. The SMILES string of the molecule is CC(C)N(CCCO)CCC(O)c1ccccc1F. The molecule has 0 heterocycles. The molecule has 3 nitrogen and oxygen atoms in total. The van der Waals surface area contributed by atoms with E-state index in [0.29, 0.717) is 31.0 Å². The number of nitrogens with zero attached hydrogens (tertiary/aromatic N) is 1. The molecule has 108 valence electrons. The van der Waals surface area contributed by atoms with Crippen LogP contribution in [-0.4, -0.2) is 40.9 Å². The maximum Gasteiger partial charge on any atom is 0.128 e. The fourth-order valence-electron chi connectivity index (χ4n) is 2.09. The Morgan fingerprint density at radius 1 is 1.21 bits per heavy atom. The molecule has 0 saturated heterocycles. The van der Waals surface area contributed by atoms with E-state index < -0.39 is 6.10 Å². The Labute approximate surface area is 114 Å². The van der Waals surface area contributed by atoms with Gasteiger partial charge < -0.3 is 15.1 Å². The number of benzene rings is 1. The molecule has 0 aromatic heterocycles. The Balaban J connectivity index is 2.52. The highest BCUT2D eigenvalue weighted by Crippen LogP contribution is 2.20. The summed E-state index contributed by atoms with van der Waals surface area (Å²) >= 11 is 0. The summed E-state index contributed by atoms with van der Waals surface area (Å²) < 4.78 is 13.5. The van der Waals surface area contributed by atoms with Crippen LogP contribution in [0.25, 0.3) is 0 Å². The summed E-state index contributed by atoms with van der Waals surface area (Å²) in [5, 5.41) is 18.9. The lowest BCUT2D eigenvalue weighted by Gasteiger charge is -2.27. The lowest BCUT2D eigenvalue weighted by molar-refractivity contribution is 0.122. The highest BCUT2D eigenvalue weighted by molar-refractivity contribution is 5.19. The summed E-state index contributed by atoms with van der Waals surface area (Å²) in [6.45, 7) is 5.80. The standard InChI is InChI=1S/C15H24FNO2/c1-12(2)17(9-5-11-18)10-8-15(19)13-6-3-4-7-14(13)16/h3-4,6-7,12,15,18-19H,5,8-11H2,1-2H3. The largest absolute Gasteiger partial charge is 0.396 e. The second kappa shape index (κ2) is 8.25. The summed E-state index contributed by atoms with van der Waals surface area (Å²) in [6, 6.07) is 6.68. The molecule has 1 unspecified atom stereocenters. The van der Waals surface area contributed by atoms with Gasteiger partial charge in [0, 0.05) is 31.3 Å². The van der Waals surface area contributed by atoms with E-state index >= 15 is 0 Å². The number of halogens is 1. The number of hydrogen-bond donors (Lipinski definition) is 2. The lowest BCUT2D eigenvalue weighted by atomic mass is 10.1. The van der Waals surface area contributed by atoms with Crippen LogP contribution in [0.5, 0.6) is 0 Å². The van der Waals surface area contributed by atoms with Gasteiger partial charge in [0.2, 0.25) is 0 Å². The van der Waals surface area contributed by atoms with Gasteiger partial charge in [-0.2, -0.15) is 0 Å². The van der Waals surface area contributed by atoms with Gasteiger partial charge in [-0.15, -0.1) is 0 Å². The van der Waals surface area contributed by atoms with Gasteiger partial charge in [0.1, 0.15) is 5.82 Å². The van der Waals surface area contributed by atoms with Crippen LogP contribution in [0.1, 0.15) is 38.4 Å². The van der Waals surface area contributed by atoms with Gasteiger partial charge in [0.15, 0.2) is 0 Å². The molecule has 0 aliphatic carbocycles. The van der Waals surface area contributed by atoms with Crippen molar-refractivity contribution in [3.63, 3.8) is 0 Å². The zero-order valence-corrected chi connectivity index (χ0v) is 11.7. The predicted molar refractivity (Wildman–Crippen MR) is 74.4 cm³/mol. The van der Waals surface area contributed by atoms with Crippen LogP contribution in [0.3, 0.4) is 0 Å². The smallest absolute Gasteiger partial charge is 0.128 e. The van der Waals surface area contributed by atoms with Gasteiger partial charge in [0.25, 0.3) is 0 Å². The lowest BCUT2D eigenvalue weighted by Crippen LogP contribution is -2.34. The molecule has 0 radical (unpaired) electrons. The van der Waals surface area contributed by atoms with Crippen LogP contribution in [0.2, 0.25) is 0 Å². The fourth-order valence-corrected chi connectivity index (χ4v) is 2.09. The van der Waals surface area contributed by atoms with Crippen LogP contribution in [0.4, 0.5) is 4.39 Å². The molecule has 1 atom stereocenters. The molecule has 2 N–H and O–H groups in total. The van der Waals surface area contributed by atoms with Crippen LogP contribution in [0, 0.1) is 5.82 Å². The first kappa shape index (κ1) is 16.1. The first-order valence-corrected chi connectivity index (χ1v) is 6.83. The van der Waals surface area contributed by atoms with Crippen LogP contribution in [0.15, 0.2) is 24.3 Å². The van der Waals surface area contributed by atoms with Gasteiger partial charge >= 0.3 is 0 Å². The number of hydrogen-bond acceptors (Lipinski definition) is 3. The zero-order valence-electron chi connectivity index (χ0n) is 11.7. The van der Waals surface area contributed by atoms with Gasteiger partial charge in [0.05, 0.1) is 6.10 Å². The van der Waals surface area contributed by atoms with E-state index in [9.17, 15) is 9.50 Å². The summed E-state index contributed by atoms with van der Waals surface area (Å²) in [7, 11) is 0. The molecular weight excluding hydrogens is 245 g/mol. The highest BCUT2D eigenvalue weighted by Gasteiger charge is 2.15. The van der Waals surface area contributed by atoms with E-state index in [2.05, 4.69) is 18.7 Å². The topological polar surface area (TPSA) is 43.7 Å². The number of rotatable bonds is 8. The van der Waals surface area contributed by atoms with Gasteiger partial charge in [-0.1, -0.05) is 18.2 Å². The molecule has 1 rings (SSSR count). The summed E-state index contributed by atoms with van der Waals surface area (Å²) in [5.41, 5.74) is 0.355. The third kappa shape index (κ3) is 5.27. The minimum Gasteiger partial charge on any atom is -0.396 e. The second-order valence-corrected chi connectivity index (χ2v) is 5.03. The molecule has 4 heteroatoms. The van der Waals surface area contributed by atoms with E-state index in [-0.39, 0.29) is 12.4 Å². The monoisotopic (exact) mass is 269 g/mol. The van der Waals surface area contributed by atoms with Crippen molar-refractivity contribution in [2.45, 2.75) is 38.8 Å². The molecule has 0 amide bonds. The minimum absolute atomic E-state index is 0.166. The first-order valence-electron chi connectivity index (χ1n) is 6.83. The van der Waals surface area contributed by atoms with Crippen molar-refractivity contribution in [1.82, 2.24) is 4.90 Å². The molecule has 0 fully saturated rings. The quantitative estimate of drug-likeness (QED) is 0.761. The summed E-state index contributed by atoms with van der Waals surface area (Å²) in [6.07, 6.45) is 0.426. The molecule has 0 spiro atoms. The Hall–Kier alpha value is -0.970. The third-order valence-corrected chi connectivity index (χ3v) is 3.29. The van der Waals surface area contributed by atoms with E-state index in [0.717, 1.165) is 6.54 Å². The average Bonchev–Trinajstić information content (AvgIpc) is 2.38. The second-order valence-electron chi connectivity index (χ2n) is 5.03. The number of aliphatic hydroxyl groups excluding tert-OH is 2. The van der Waals surface area contributed by atoms with E-state index in [1.165, 1.54) is 6.07 Å². The summed E-state index contributed by atoms with van der Waals surface area (Å²) in [4.78, 5) is 2.18. The third-order valence-electron chi connectivity index (χ3n) is 3.29. The van der Waals surface area contributed by atoms with Crippen molar-refractivity contribution < 1.29 is 14.6 Å². The van der Waals surface area contributed by atoms with E-state index in [1.807, 2.05) is 0 Å². The molecule has 0 aliphatic heterocycles. The first-order chi connectivity index (χ1) is 9.06. The molecule has 0 saturated carbocycles. The Morgan fingerprint density at radius 2 is 1.89 bits per heavy atom. The maximum absolute atomic E-state index is 13.5. The molecule has 0 bridgehead atoms. The molecule has 1 aromatic carbocycles. The normalized spacial score (nSPS) is 13.2. The van der Waals surface area contributed by atoms with Gasteiger partial charge in [-0.25, -0.2) is 4.39 Å². The van der Waals surface area contributed by atoms with E-state index in [1.54, 1.807) is 18.2 Å². The molecule has 19 heavy (non-hydrogen) atoms. The molecule has 1 aromatic rings. The molecule has 0 aliphatic rings. The van der Waals surface area contributed by atoms with Crippen LogP contribution in [-0.2, 0) is 0 Å². The van der Waals surface area contributed by atoms with Crippen molar-refractivity contribution in [3.05, 3.63) is 35.6 Å². The van der Waals surface area contributed by atoms with Crippen LogP contribution >= 0.6 is 0 Å². The Kier molecular flexibility index (Phi) is 6.99. The predicted octanol–water partition coefficient (Wildman–Crippen LogP) is 2.34. The van der Waals surface area contributed by atoms with Crippen molar-refractivity contribution in [2.75, 3.05) is 19.7 Å². The van der Waals surface area contributed by atoms with E-state index in [4.69, 9.17) is 5.11 Å². The van der Waals surface area contributed by atoms with Crippen LogP contribution < -0.4 is 0 Å². The Bertz CT molecular complexity index is 371. The number of aliphatic hydroxyl groups is 2. The zero-order chi connectivity index (χ0) is 14.3. The van der Waals surface area contributed by atoms with Crippen molar-refractivity contribution in [1.29, 1.82) is 0 Å². The van der Waals surface area contributed by atoms with Gasteiger partial charge in [-0.05, 0) is 32.8 Å². The Morgan fingerprint density at radius 3 is 2.47 bits per heavy atom. The van der Waals surface area contributed by atoms with Crippen molar-refractivity contribution in [3.8, 4) is 0 Å². The average molecular weight is 269 g/mol. The highest BCUT2D eigenvalue weighted by atomic mass is 19.1.